The number of carbonyl (C=O) groups is 3. The van der Waals surface area contributed by atoms with Crippen LogP contribution in [0.1, 0.15) is 37.1 Å². The summed E-state index contributed by atoms with van der Waals surface area (Å²) in [6, 6.07) is 11.2. The fourth-order valence-corrected chi connectivity index (χ4v) is 4.09. The van der Waals surface area contributed by atoms with Gasteiger partial charge in [0.25, 0.3) is 5.91 Å². The number of oxime groups is 1. The molecule has 1 aromatic carbocycles. The number of benzene rings is 1. The zero-order valence-electron chi connectivity index (χ0n) is 18.9. The van der Waals surface area contributed by atoms with Crippen LogP contribution in [0.2, 0.25) is 0 Å². The Morgan fingerprint density at radius 3 is 2.65 bits per heavy atom. The van der Waals surface area contributed by atoms with Gasteiger partial charge in [0.1, 0.15) is 6.10 Å². The lowest BCUT2D eigenvalue weighted by Crippen LogP contribution is -2.49. The smallest absolute Gasteiger partial charge is 0.410 e. The van der Waals surface area contributed by atoms with Crippen molar-refractivity contribution in [3.63, 3.8) is 0 Å². The van der Waals surface area contributed by atoms with Crippen LogP contribution < -0.4 is 0 Å². The van der Waals surface area contributed by atoms with E-state index in [0.717, 1.165) is 5.56 Å². The largest absolute Gasteiger partial charge is 0.463 e. The molecule has 0 bridgehead atoms. The van der Waals surface area contributed by atoms with Crippen LogP contribution in [0.5, 0.6) is 0 Å². The molecule has 2 aliphatic rings. The summed E-state index contributed by atoms with van der Waals surface area (Å²) in [6.45, 7) is 2.88. The second-order valence-electron chi connectivity index (χ2n) is 7.95. The van der Waals surface area contributed by atoms with Gasteiger partial charge in [-0.1, -0.05) is 35.5 Å². The van der Waals surface area contributed by atoms with Crippen molar-refractivity contribution in [3.8, 4) is 0 Å². The minimum absolute atomic E-state index is 0.0159. The number of H-pyrrole nitrogens is 1. The SMILES string of the molecule is CCOC(=O)CO/N=C(/C(=O)N1CCC(N2CC(c3ccccc3)OC2=O)CC1)c1ccn[nH]1. The molecule has 0 radical (unpaired) electrons. The Bertz CT molecular complexity index is 1020. The van der Waals surface area contributed by atoms with E-state index in [1.54, 1.807) is 22.8 Å². The maximum absolute atomic E-state index is 13.2. The average Bonchev–Trinajstić information content (AvgIpc) is 3.52. The zero-order valence-corrected chi connectivity index (χ0v) is 18.9. The number of esters is 1. The summed E-state index contributed by atoms with van der Waals surface area (Å²) in [6.07, 6.45) is 2.11. The van der Waals surface area contributed by atoms with Crippen LogP contribution in [0.4, 0.5) is 4.79 Å². The minimum atomic E-state index is -0.574. The van der Waals surface area contributed by atoms with Gasteiger partial charge in [-0.2, -0.15) is 5.10 Å². The normalized spacial score (nSPS) is 19.1. The van der Waals surface area contributed by atoms with Crippen molar-refractivity contribution in [3.05, 3.63) is 53.9 Å². The number of likely N-dealkylation sites (tertiary alicyclic amines) is 1. The molecule has 2 amide bonds. The molecule has 2 aromatic rings. The van der Waals surface area contributed by atoms with E-state index in [0.29, 0.717) is 38.2 Å². The van der Waals surface area contributed by atoms with E-state index in [4.69, 9.17) is 14.3 Å². The molecule has 11 nitrogen and oxygen atoms in total. The average molecular weight is 469 g/mol. The van der Waals surface area contributed by atoms with Gasteiger partial charge < -0.3 is 24.1 Å². The number of aromatic amines is 1. The molecule has 1 unspecified atom stereocenters. The zero-order chi connectivity index (χ0) is 23.9. The molecule has 1 N–H and O–H groups in total. The molecule has 2 aliphatic heterocycles. The van der Waals surface area contributed by atoms with Gasteiger partial charge in [-0.3, -0.25) is 9.89 Å². The molecule has 11 heteroatoms. The molecule has 3 heterocycles. The van der Waals surface area contributed by atoms with Crippen LogP contribution in [-0.2, 0) is 23.9 Å². The van der Waals surface area contributed by atoms with Crippen LogP contribution in [0.25, 0.3) is 0 Å². The third-order valence-electron chi connectivity index (χ3n) is 5.81. The molecule has 4 rings (SSSR count). The van der Waals surface area contributed by atoms with Crippen LogP contribution in [0.15, 0.2) is 47.8 Å². The van der Waals surface area contributed by atoms with E-state index in [1.165, 1.54) is 6.20 Å². The summed E-state index contributed by atoms with van der Waals surface area (Å²) in [4.78, 5) is 45.7. The lowest BCUT2D eigenvalue weighted by molar-refractivity contribution is -0.148. The number of ether oxygens (including phenoxy) is 2. The highest BCUT2D eigenvalue weighted by atomic mass is 16.7. The van der Waals surface area contributed by atoms with Gasteiger partial charge in [-0.05, 0) is 31.4 Å². The van der Waals surface area contributed by atoms with Crippen molar-refractivity contribution in [2.24, 2.45) is 5.16 Å². The van der Waals surface area contributed by atoms with Crippen LogP contribution in [0.3, 0.4) is 0 Å². The first kappa shape index (κ1) is 23.3. The number of rotatable bonds is 8. The third kappa shape index (κ3) is 5.36. The first-order valence-corrected chi connectivity index (χ1v) is 11.2. The maximum atomic E-state index is 13.2. The van der Waals surface area contributed by atoms with Gasteiger partial charge in [0.15, 0.2) is 5.71 Å². The Kier molecular flexibility index (Phi) is 7.41. The van der Waals surface area contributed by atoms with Crippen molar-refractivity contribution < 1.29 is 28.7 Å². The Morgan fingerprint density at radius 1 is 1.21 bits per heavy atom. The fourth-order valence-electron chi connectivity index (χ4n) is 4.09. The Hall–Kier alpha value is -3.89. The number of cyclic esters (lactones) is 1. The lowest BCUT2D eigenvalue weighted by Gasteiger charge is -2.35. The molecule has 180 valence electrons. The summed E-state index contributed by atoms with van der Waals surface area (Å²) in [5.74, 6) is -0.924. The molecule has 1 atom stereocenters. The predicted octanol–water partition coefficient (Wildman–Crippen LogP) is 1.88. The van der Waals surface area contributed by atoms with Gasteiger partial charge in [0.2, 0.25) is 6.61 Å². The quantitative estimate of drug-likeness (QED) is 0.355. The lowest BCUT2D eigenvalue weighted by atomic mass is 10.0. The van der Waals surface area contributed by atoms with E-state index in [-0.39, 0.29) is 36.5 Å². The standard InChI is InChI=1S/C23H27N5O6/c1-2-32-20(29)15-33-26-21(18-8-11-24-25-18)22(30)27-12-9-17(10-13-27)28-14-19(34-23(28)31)16-6-4-3-5-7-16/h3-8,11,17,19H,2,9-10,12-15H2,1H3,(H,24,25)/b26-21+. The summed E-state index contributed by atoms with van der Waals surface area (Å²) in [5, 5.41) is 10.5. The Balaban J connectivity index is 1.36. The molecule has 0 saturated carbocycles. The number of nitrogens with one attached hydrogen (secondary N) is 1. The number of hydrogen-bond acceptors (Lipinski definition) is 8. The topological polar surface area (TPSA) is 126 Å². The summed E-state index contributed by atoms with van der Waals surface area (Å²) < 4.78 is 10.4. The predicted molar refractivity (Wildman–Crippen MR) is 120 cm³/mol. The van der Waals surface area contributed by atoms with Gasteiger partial charge in [0.05, 0.1) is 18.8 Å². The maximum Gasteiger partial charge on any atom is 0.410 e. The van der Waals surface area contributed by atoms with E-state index < -0.39 is 12.6 Å². The highest BCUT2D eigenvalue weighted by molar-refractivity contribution is 6.44. The van der Waals surface area contributed by atoms with Gasteiger partial charge in [-0.15, -0.1) is 0 Å². The number of carbonyl (C=O) groups excluding carboxylic acids is 3. The Labute approximate surface area is 196 Å². The van der Waals surface area contributed by atoms with E-state index >= 15 is 0 Å². The number of amides is 2. The molecule has 0 spiro atoms. The summed E-state index contributed by atoms with van der Waals surface area (Å²) >= 11 is 0. The molecule has 2 fully saturated rings. The molecule has 0 aliphatic carbocycles. The van der Waals surface area contributed by atoms with Crippen LogP contribution in [-0.4, -0.2) is 82.6 Å². The van der Waals surface area contributed by atoms with Crippen molar-refractivity contribution in [1.82, 2.24) is 20.0 Å². The molecule has 2 saturated heterocycles. The number of hydrogen-bond donors (Lipinski definition) is 1. The van der Waals surface area contributed by atoms with Crippen molar-refractivity contribution in [1.29, 1.82) is 0 Å². The van der Waals surface area contributed by atoms with Crippen molar-refractivity contribution in [2.45, 2.75) is 31.9 Å². The van der Waals surface area contributed by atoms with E-state index in [2.05, 4.69) is 15.4 Å². The molecule has 34 heavy (non-hydrogen) atoms. The third-order valence-corrected chi connectivity index (χ3v) is 5.81. The van der Waals surface area contributed by atoms with Gasteiger partial charge in [-0.25, -0.2) is 9.59 Å². The first-order chi connectivity index (χ1) is 16.6. The monoisotopic (exact) mass is 469 g/mol. The van der Waals surface area contributed by atoms with E-state index in [9.17, 15) is 14.4 Å². The molecular weight excluding hydrogens is 442 g/mol. The Morgan fingerprint density at radius 2 is 1.97 bits per heavy atom. The fraction of sp³-hybridized carbons (Fsp3) is 0.435. The van der Waals surface area contributed by atoms with Crippen LogP contribution in [0, 0.1) is 0 Å². The number of aromatic nitrogens is 2. The highest BCUT2D eigenvalue weighted by Crippen LogP contribution is 2.30. The highest BCUT2D eigenvalue weighted by Gasteiger charge is 2.39. The molecule has 1 aromatic heterocycles. The first-order valence-electron chi connectivity index (χ1n) is 11.2. The van der Waals surface area contributed by atoms with Gasteiger partial charge in [0, 0.05) is 25.3 Å². The second kappa shape index (κ2) is 10.8. The molecular formula is C23H27N5O6. The van der Waals surface area contributed by atoms with Crippen LogP contribution >= 0.6 is 0 Å². The summed E-state index contributed by atoms with van der Waals surface area (Å²) in [7, 11) is 0. The number of piperidine rings is 1. The van der Waals surface area contributed by atoms with Crippen molar-refractivity contribution >= 4 is 23.7 Å². The van der Waals surface area contributed by atoms with Crippen molar-refractivity contribution in [2.75, 3.05) is 32.8 Å². The second-order valence-corrected chi connectivity index (χ2v) is 7.95. The minimum Gasteiger partial charge on any atom is -0.463 e. The summed E-state index contributed by atoms with van der Waals surface area (Å²) in [5.41, 5.74) is 1.36. The van der Waals surface area contributed by atoms with E-state index in [1.807, 2.05) is 30.3 Å². The number of nitrogens with zero attached hydrogens (tertiary/aromatic N) is 4. The van der Waals surface area contributed by atoms with Gasteiger partial charge >= 0.3 is 12.1 Å².